The molecule has 162 valence electrons. The average Bonchev–Trinajstić information content (AvgIpc) is 3.08. The van der Waals surface area contributed by atoms with Gasteiger partial charge in [-0.1, -0.05) is 19.3 Å². The molecule has 1 aliphatic carbocycles. The van der Waals surface area contributed by atoms with Gasteiger partial charge in [-0.3, -0.25) is 4.98 Å². The molecule has 0 bridgehead atoms. The first kappa shape index (κ1) is 19.7. The SMILES string of the molecule is O=C(NC1CCCCC1)N1CCCN(c2ccc3nnc(-c4cccnc4)n3n2)CC1. The number of rotatable bonds is 3. The maximum absolute atomic E-state index is 12.8. The van der Waals surface area contributed by atoms with Gasteiger partial charge in [-0.05, 0) is 43.5 Å². The fourth-order valence-electron chi connectivity index (χ4n) is 4.49. The second kappa shape index (κ2) is 8.87. The number of aromatic nitrogens is 5. The summed E-state index contributed by atoms with van der Waals surface area (Å²) in [6.07, 6.45) is 10.3. The minimum absolute atomic E-state index is 0.0786. The number of anilines is 1. The Morgan fingerprint density at radius 1 is 0.968 bits per heavy atom. The number of carbonyl (C=O) groups is 1. The summed E-state index contributed by atoms with van der Waals surface area (Å²) in [5, 5.41) is 16.6. The number of fused-ring (bicyclic) bond motifs is 1. The fraction of sp³-hybridized carbons (Fsp3) is 0.500. The number of carbonyl (C=O) groups excluding carboxylic acids is 1. The third-order valence-corrected chi connectivity index (χ3v) is 6.21. The molecule has 9 nitrogen and oxygen atoms in total. The van der Waals surface area contributed by atoms with Crippen LogP contribution in [0.5, 0.6) is 0 Å². The molecule has 1 aliphatic heterocycles. The lowest BCUT2D eigenvalue weighted by Crippen LogP contribution is -2.46. The molecular formula is C22H28N8O. The standard InChI is InChI=1S/C22H28N8O/c31-22(24-18-7-2-1-3-8-18)29-13-5-12-28(14-15-29)20-10-9-19-25-26-21(30(19)27-20)17-6-4-11-23-16-17/h4,6,9-11,16,18H,1-3,5,7-8,12-15H2,(H,24,31). The summed E-state index contributed by atoms with van der Waals surface area (Å²) in [7, 11) is 0. The molecule has 4 heterocycles. The van der Waals surface area contributed by atoms with Crippen molar-refractivity contribution in [1.82, 2.24) is 35.0 Å². The Labute approximate surface area is 181 Å². The molecule has 1 saturated carbocycles. The summed E-state index contributed by atoms with van der Waals surface area (Å²) in [6, 6.07) is 8.16. The van der Waals surface area contributed by atoms with Crippen LogP contribution in [0.2, 0.25) is 0 Å². The summed E-state index contributed by atoms with van der Waals surface area (Å²) >= 11 is 0. The number of pyridine rings is 1. The highest BCUT2D eigenvalue weighted by Crippen LogP contribution is 2.20. The number of nitrogens with zero attached hydrogens (tertiary/aromatic N) is 7. The highest BCUT2D eigenvalue weighted by Gasteiger charge is 2.23. The number of hydrogen-bond acceptors (Lipinski definition) is 6. The van der Waals surface area contributed by atoms with Crippen molar-refractivity contribution in [3.63, 3.8) is 0 Å². The molecule has 2 amide bonds. The largest absolute Gasteiger partial charge is 0.353 e. The van der Waals surface area contributed by atoms with Crippen LogP contribution in [-0.2, 0) is 0 Å². The van der Waals surface area contributed by atoms with E-state index in [1.54, 1.807) is 16.9 Å². The molecule has 1 N–H and O–H groups in total. The molecule has 31 heavy (non-hydrogen) atoms. The van der Waals surface area contributed by atoms with Gasteiger partial charge in [-0.2, -0.15) is 4.52 Å². The minimum Gasteiger partial charge on any atom is -0.353 e. The third kappa shape index (κ3) is 4.30. The Balaban J connectivity index is 1.29. The van der Waals surface area contributed by atoms with Crippen LogP contribution in [0.15, 0.2) is 36.7 Å². The van der Waals surface area contributed by atoms with E-state index in [0.29, 0.717) is 24.1 Å². The highest BCUT2D eigenvalue weighted by molar-refractivity contribution is 5.74. The molecule has 3 aromatic heterocycles. The molecule has 0 radical (unpaired) electrons. The second-order valence-corrected chi connectivity index (χ2v) is 8.34. The van der Waals surface area contributed by atoms with E-state index in [1.165, 1.54) is 19.3 Å². The van der Waals surface area contributed by atoms with E-state index in [2.05, 4.69) is 25.4 Å². The van der Waals surface area contributed by atoms with E-state index in [4.69, 9.17) is 5.10 Å². The predicted octanol–water partition coefficient (Wildman–Crippen LogP) is 2.74. The van der Waals surface area contributed by atoms with Gasteiger partial charge < -0.3 is 15.1 Å². The lowest BCUT2D eigenvalue weighted by molar-refractivity contribution is 0.193. The van der Waals surface area contributed by atoms with Crippen molar-refractivity contribution < 1.29 is 4.79 Å². The van der Waals surface area contributed by atoms with Crippen LogP contribution in [-0.4, -0.2) is 67.9 Å². The summed E-state index contributed by atoms with van der Waals surface area (Å²) in [6.45, 7) is 3.07. The fourth-order valence-corrected chi connectivity index (χ4v) is 4.49. The number of nitrogens with one attached hydrogen (secondary N) is 1. The van der Waals surface area contributed by atoms with Crippen LogP contribution >= 0.6 is 0 Å². The molecule has 9 heteroatoms. The van der Waals surface area contributed by atoms with Gasteiger partial charge in [0.1, 0.15) is 5.82 Å². The summed E-state index contributed by atoms with van der Waals surface area (Å²) in [4.78, 5) is 21.1. The molecule has 3 aromatic rings. The van der Waals surface area contributed by atoms with Crippen molar-refractivity contribution >= 4 is 17.5 Å². The van der Waals surface area contributed by atoms with Crippen molar-refractivity contribution in [3.05, 3.63) is 36.7 Å². The minimum atomic E-state index is 0.0786. The van der Waals surface area contributed by atoms with Gasteiger partial charge in [0.2, 0.25) is 0 Å². The number of hydrogen-bond donors (Lipinski definition) is 1. The normalized spacial score (nSPS) is 18.2. The van der Waals surface area contributed by atoms with Crippen LogP contribution in [0, 0.1) is 0 Å². The summed E-state index contributed by atoms with van der Waals surface area (Å²) in [5.74, 6) is 1.54. The summed E-state index contributed by atoms with van der Waals surface area (Å²) in [5.41, 5.74) is 1.58. The molecule has 2 aliphatic rings. The zero-order valence-electron chi connectivity index (χ0n) is 17.7. The highest BCUT2D eigenvalue weighted by atomic mass is 16.2. The molecule has 0 aromatic carbocycles. The summed E-state index contributed by atoms with van der Waals surface area (Å²) < 4.78 is 1.77. The number of urea groups is 1. The van der Waals surface area contributed by atoms with E-state index in [1.807, 2.05) is 29.2 Å². The van der Waals surface area contributed by atoms with Crippen LogP contribution < -0.4 is 10.2 Å². The molecular weight excluding hydrogens is 392 g/mol. The van der Waals surface area contributed by atoms with Crippen LogP contribution in [0.1, 0.15) is 38.5 Å². The zero-order chi connectivity index (χ0) is 21.0. The molecule has 1 saturated heterocycles. The van der Waals surface area contributed by atoms with Crippen molar-refractivity contribution in [3.8, 4) is 11.4 Å². The first-order valence-corrected chi connectivity index (χ1v) is 11.2. The maximum Gasteiger partial charge on any atom is 0.317 e. The first-order chi connectivity index (χ1) is 15.3. The van der Waals surface area contributed by atoms with Gasteiger partial charge in [-0.15, -0.1) is 15.3 Å². The van der Waals surface area contributed by atoms with Gasteiger partial charge >= 0.3 is 6.03 Å². The molecule has 0 unspecified atom stereocenters. The Bertz CT molecular complexity index is 1030. The van der Waals surface area contributed by atoms with E-state index in [-0.39, 0.29) is 6.03 Å². The van der Waals surface area contributed by atoms with Crippen LogP contribution in [0.4, 0.5) is 10.6 Å². The Morgan fingerprint density at radius 3 is 2.71 bits per heavy atom. The Kier molecular flexibility index (Phi) is 5.64. The molecule has 0 spiro atoms. The predicted molar refractivity (Wildman–Crippen MR) is 118 cm³/mol. The van der Waals surface area contributed by atoms with E-state index >= 15 is 0 Å². The lowest BCUT2D eigenvalue weighted by atomic mass is 9.96. The molecule has 2 fully saturated rings. The van der Waals surface area contributed by atoms with Crippen LogP contribution in [0.3, 0.4) is 0 Å². The Hall–Kier alpha value is -3.23. The molecule has 5 rings (SSSR count). The number of amides is 2. The van der Waals surface area contributed by atoms with Crippen LogP contribution in [0.25, 0.3) is 17.0 Å². The van der Waals surface area contributed by atoms with Gasteiger partial charge in [-0.25, -0.2) is 4.79 Å². The third-order valence-electron chi connectivity index (χ3n) is 6.21. The monoisotopic (exact) mass is 420 g/mol. The maximum atomic E-state index is 12.8. The van der Waals surface area contributed by atoms with Gasteiger partial charge in [0, 0.05) is 50.2 Å². The van der Waals surface area contributed by atoms with Gasteiger partial charge in [0.05, 0.1) is 0 Å². The van der Waals surface area contributed by atoms with E-state index in [9.17, 15) is 4.79 Å². The smallest absolute Gasteiger partial charge is 0.317 e. The Morgan fingerprint density at radius 2 is 1.87 bits per heavy atom. The van der Waals surface area contributed by atoms with E-state index < -0.39 is 0 Å². The van der Waals surface area contributed by atoms with E-state index in [0.717, 1.165) is 50.3 Å². The van der Waals surface area contributed by atoms with Crippen molar-refractivity contribution in [1.29, 1.82) is 0 Å². The van der Waals surface area contributed by atoms with Crippen molar-refractivity contribution in [2.75, 3.05) is 31.1 Å². The van der Waals surface area contributed by atoms with Crippen molar-refractivity contribution in [2.24, 2.45) is 0 Å². The van der Waals surface area contributed by atoms with Gasteiger partial charge in [0.15, 0.2) is 11.5 Å². The second-order valence-electron chi connectivity index (χ2n) is 8.34. The first-order valence-electron chi connectivity index (χ1n) is 11.2. The average molecular weight is 421 g/mol. The zero-order valence-corrected chi connectivity index (χ0v) is 17.7. The van der Waals surface area contributed by atoms with Gasteiger partial charge in [0.25, 0.3) is 0 Å². The lowest BCUT2D eigenvalue weighted by Gasteiger charge is -2.27. The molecule has 0 atom stereocenters. The van der Waals surface area contributed by atoms with Crippen molar-refractivity contribution in [2.45, 2.75) is 44.6 Å². The topological polar surface area (TPSA) is 91.5 Å². The quantitative estimate of drug-likeness (QED) is 0.701.